The first-order valence-electron chi connectivity index (χ1n) is 8.02. The van der Waals surface area contributed by atoms with E-state index in [4.69, 9.17) is 11.6 Å². The van der Waals surface area contributed by atoms with Gasteiger partial charge in [0.15, 0.2) is 0 Å². The molecule has 1 saturated carbocycles. The summed E-state index contributed by atoms with van der Waals surface area (Å²) < 4.78 is 24.7. The molecule has 1 aromatic carbocycles. The zero-order valence-electron chi connectivity index (χ0n) is 13.7. The summed E-state index contributed by atoms with van der Waals surface area (Å²) >= 11 is 8.01. The topological polar surface area (TPSA) is 75.3 Å². The fourth-order valence-corrected chi connectivity index (χ4v) is 4.74. The predicted molar refractivity (Wildman–Crippen MR) is 102 cm³/mol. The van der Waals surface area contributed by atoms with E-state index in [0.29, 0.717) is 17.8 Å². The molecule has 0 aliphatic heterocycles. The SMILES string of the molecule is CS(=O)(=O)Nc1ccc(C(=O)NCCSC2CCCCC2)c(Cl)c1. The van der Waals surface area contributed by atoms with Crippen LogP contribution in [-0.2, 0) is 10.0 Å². The lowest BCUT2D eigenvalue weighted by Crippen LogP contribution is -2.26. The van der Waals surface area contributed by atoms with Gasteiger partial charge in [-0.05, 0) is 31.0 Å². The molecule has 0 spiro atoms. The van der Waals surface area contributed by atoms with Gasteiger partial charge in [-0.2, -0.15) is 11.8 Å². The molecule has 0 atom stereocenters. The van der Waals surface area contributed by atoms with Gasteiger partial charge in [-0.15, -0.1) is 0 Å². The van der Waals surface area contributed by atoms with Gasteiger partial charge in [0, 0.05) is 23.2 Å². The summed E-state index contributed by atoms with van der Waals surface area (Å²) in [5.74, 6) is 0.650. The molecule has 0 radical (unpaired) electrons. The van der Waals surface area contributed by atoms with Crippen molar-refractivity contribution in [1.29, 1.82) is 0 Å². The standard InChI is InChI=1S/C16H23ClN2O3S2/c1-24(21,22)19-12-7-8-14(15(17)11-12)16(20)18-9-10-23-13-5-3-2-4-6-13/h7-8,11,13,19H,2-6,9-10H2,1H3,(H,18,20). The Hall–Kier alpha value is -0.920. The van der Waals surface area contributed by atoms with Gasteiger partial charge in [0.05, 0.1) is 16.8 Å². The fourth-order valence-electron chi connectivity index (χ4n) is 2.69. The van der Waals surface area contributed by atoms with Crippen molar-refractivity contribution in [1.82, 2.24) is 5.32 Å². The number of carbonyl (C=O) groups is 1. The lowest BCUT2D eigenvalue weighted by molar-refractivity contribution is 0.0956. The number of sulfonamides is 1. The van der Waals surface area contributed by atoms with Crippen molar-refractivity contribution in [2.75, 3.05) is 23.3 Å². The summed E-state index contributed by atoms with van der Waals surface area (Å²) in [5, 5.41) is 3.81. The Labute approximate surface area is 153 Å². The number of nitrogens with one attached hydrogen (secondary N) is 2. The molecule has 0 bridgehead atoms. The minimum atomic E-state index is -3.37. The third-order valence-electron chi connectivity index (χ3n) is 3.81. The van der Waals surface area contributed by atoms with Crippen LogP contribution in [0.3, 0.4) is 0 Å². The minimum absolute atomic E-state index is 0.223. The molecule has 1 aliphatic carbocycles. The van der Waals surface area contributed by atoms with Crippen LogP contribution in [0.2, 0.25) is 5.02 Å². The lowest BCUT2D eigenvalue weighted by Gasteiger charge is -2.20. The Kier molecular flexibility index (Phi) is 7.25. The molecule has 1 fully saturated rings. The summed E-state index contributed by atoms with van der Waals surface area (Å²) in [6.07, 6.45) is 7.58. The van der Waals surface area contributed by atoms with Gasteiger partial charge in [0.25, 0.3) is 5.91 Å². The van der Waals surface area contributed by atoms with Crippen molar-refractivity contribution in [3.8, 4) is 0 Å². The average Bonchev–Trinajstić information content (AvgIpc) is 2.51. The van der Waals surface area contributed by atoms with Crippen molar-refractivity contribution < 1.29 is 13.2 Å². The lowest BCUT2D eigenvalue weighted by atomic mass is 10.0. The number of amides is 1. The molecule has 2 rings (SSSR count). The molecule has 1 aromatic rings. The van der Waals surface area contributed by atoms with Crippen LogP contribution in [0.15, 0.2) is 18.2 Å². The zero-order chi connectivity index (χ0) is 17.6. The van der Waals surface area contributed by atoms with Gasteiger partial charge in [-0.1, -0.05) is 30.9 Å². The summed E-state index contributed by atoms with van der Waals surface area (Å²) in [4.78, 5) is 12.2. The maximum atomic E-state index is 12.2. The largest absolute Gasteiger partial charge is 0.351 e. The van der Waals surface area contributed by atoms with Crippen LogP contribution in [0.25, 0.3) is 0 Å². The van der Waals surface area contributed by atoms with Crippen LogP contribution >= 0.6 is 23.4 Å². The molecule has 0 aromatic heterocycles. The first kappa shape index (κ1) is 19.4. The summed E-state index contributed by atoms with van der Waals surface area (Å²) in [7, 11) is -3.37. The third kappa shape index (κ3) is 6.53. The normalized spacial score (nSPS) is 15.9. The fraction of sp³-hybridized carbons (Fsp3) is 0.562. The Balaban J connectivity index is 1.81. The van der Waals surface area contributed by atoms with Gasteiger partial charge in [-0.3, -0.25) is 9.52 Å². The zero-order valence-corrected chi connectivity index (χ0v) is 16.1. The molecule has 0 saturated heterocycles. The van der Waals surface area contributed by atoms with Gasteiger partial charge in [-0.25, -0.2) is 8.42 Å². The van der Waals surface area contributed by atoms with E-state index < -0.39 is 10.0 Å². The highest BCUT2D eigenvalue weighted by molar-refractivity contribution is 7.99. The van der Waals surface area contributed by atoms with E-state index in [1.807, 2.05) is 11.8 Å². The second kappa shape index (κ2) is 8.97. The smallest absolute Gasteiger partial charge is 0.252 e. The van der Waals surface area contributed by atoms with E-state index in [-0.39, 0.29) is 10.9 Å². The van der Waals surface area contributed by atoms with E-state index in [0.717, 1.165) is 17.3 Å². The molecule has 24 heavy (non-hydrogen) atoms. The molecule has 8 heteroatoms. The molecule has 1 amide bonds. The number of benzene rings is 1. The number of anilines is 1. The third-order valence-corrected chi connectivity index (χ3v) is 6.11. The summed E-state index contributed by atoms with van der Waals surface area (Å²) in [6, 6.07) is 4.49. The van der Waals surface area contributed by atoms with E-state index in [1.54, 1.807) is 0 Å². The van der Waals surface area contributed by atoms with Crippen molar-refractivity contribution in [2.24, 2.45) is 0 Å². The number of hydrogen-bond acceptors (Lipinski definition) is 4. The highest BCUT2D eigenvalue weighted by Gasteiger charge is 2.14. The monoisotopic (exact) mass is 390 g/mol. The number of halogens is 1. The Bertz CT molecular complexity index is 674. The predicted octanol–water partition coefficient (Wildman–Crippen LogP) is 3.51. The highest BCUT2D eigenvalue weighted by Crippen LogP contribution is 2.27. The number of thioether (sulfide) groups is 1. The molecular formula is C16H23ClN2O3S2. The van der Waals surface area contributed by atoms with Gasteiger partial charge < -0.3 is 5.32 Å². The summed E-state index contributed by atoms with van der Waals surface area (Å²) in [5.41, 5.74) is 0.685. The van der Waals surface area contributed by atoms with Gasteiger partial charge in [0.1, 0.15) is 0 Å². The molecule has 2 N–H and O–H groups in total. The number of rotatable bonds is 7. The Morgan fingerprint density at radius 1 is 1.29 bits per heavy atom. The van der Waals surface area contributed by atoms with E-state index in [9.17, 15) is 13.2 Å². The second-order valence-electron chi connectivity index (χ2n) is 5.96. The van der Waals surface area contributed by atoms with Crippen LogP contribution in [0, 0.1) is 0 Å². The average molecular weight is 391 g/mol. The quantitative estimate of drug-likeness (QED) is 0.698. The van der Waals surface area contributed by atoms with Crippen LogP contribution in [0.4, 0.5) is 5.69 Å². The van der Waals surface area contributed by atoms with E-state index >= 15 is 0 Å². The maximum absolute atomic E-state index is 12.2. The first-order chi connectivity index (χ1) is 11.3. The maximum Gasteiger partial charge on any atom is 0.252 e. The Morgan fingerprint density at radius 2 is 2.00 bits per heavy atom. The second-order valence-corrected chi connectivity index (χ2v) is 9.52. The van der Waals surface area contributed by atoms with Crippen molar-refractivity contribution in [2.45, 2.75) is 37.4 Å². The van der Waals surface area contributed by atoms with Crippen LogP contribution in [-0.4, -0.2) is 38.1 Å². The molecule has 5 nitrogen and oxygen atoms in total. The molecule has 0 heterocycles. The van der Waals surface area contributed by atoms with Crippen LogP contribution < -0.4 is 10.0 Å². The van der Waals surface area contributed by atoms with Crippen molar-refractivity contribution in [3.63, 3.8) is 0 Å². The van der Waals surface area contributed by atoms with Crippen LogP contribution in [0.5, 0.6) is 0 Å². The van der Waals surface area contributed by atoms with Crippen LogP contribution in [0.1, 0.15) is 42.5 Å². The number of carbonyl (C=O) groups excluding carboxylic acids is 1. The Morgan fingerprint density at radius 3 is 2.62 bits per heavy atom. The number of hydrogen-bond donors (Lipinski definition) is 2. The molecule has 1 aliphatic rings. The van der Waals surface area contributed by atoms with E-state index in [1.165, 1.54) is 50.3 Å². The molecule has 0 unspecified atom stereocenters. The van der Waals surface area contributed by atoms with Gasteiger partial charge in [0.2, 0.25) is 10.0 Å². The van der Waals surface area contributed by atoms with E-state index in [2.05, 4.69) is 10.0 Å². The van der Waals surface area contributed by atoms with Crippen molar-refractivity contribution in [3.05, 3.63) is 28.8 Å². The molecule has 134 valence electrons. The minimum Gasteiger partial charge on any atom is -0.351 e. The molecular weight excluding hydrogens is 368 g/mol. The first-order valence-corrected chi connectivity index (χ1v) is 11.3. The highest BCUT2D eigenvalue weighted by atomic mass is 35.5. The summed E-state index contributed by atoms with van der Waals surface area (Å²) in [6.45, 7) is 0.597. The van der Waals surface area contributed by atoms with Gasteiger partial charge >= 0.3 is 0 Å². The van der Waals surface area contributed by atoms with Crippen molar-refractivity contribution >= 4 is 45.0 Å².